The van der Waals surface area contributed by atoms with E-state index in [4.69, 9.17) is 0 Å². The SMILES string of the molecule is O=C(N[C@@H](CCCN[C@@H]1C[C@H]1c1ccc(F)cc1)C(=O)N1CCS(=O)(=O)CC1)c1ccc(-n2cccc2)cc1. The van der Waals surface area contributed by atoms with E-state index in [1.54, 1.807) is 17.0 Å². The van der Waals surface area contributed by atoms with E-state index < -0.39 is 15.9 Å². The fourth-order valence-corrected chi connectivity index (χ4v) is 6.24. The maximum absolute atomic E-state index is 13.4. The third-order valence-electron chi connectivity index (χ3n) is 7.46. The Balaban J connectivity index is 1.18. The van der Waals surface area contributed by atoms with Crippen LogP contribution in [0.5, 0.6) is 0 Å². The van der Waals surface area contributed by atoms with Gasteiger partial charge in [0.25, 0.3) is 5.91 Å². The molecule has 0 radical (unpaired) electrons. The smallest absolute Gasteiger partial charge is 0.251 e. The summed E-state index contributed by atoms with van der Waals surface area (Å²) in [7, 11) is -3.13. The Bertz CT molecular complexity index is 1380. The number of nitrogens with zero attached hydrogens (tertiary/aromatic N) is 2. The molecule has 206 valence electrons. The Kier molecular flexibility index (Phi) is 8.13. The van der Waals surface area contributed by atoms with E-state index in [2.05, 4.69) is 10.6 Å². The van der Waals surface area contributed by atoms with Gasteiger partial charge in [-0.15, -0.1) is 0 Å². The maximum Gasteiger partial charge on any atom is 0.251 e. The van der Waals surface area contributed by atoms with Crippen molar-refractivity contribution in [1.82, 2.24) is 20.1 Å². The fourth-order valence-electron chi connectivity index (χ4n) is 5.04. The first-order chi connectivity index (χ1) is 18.8. The first kappa shape index (κ1) is 27.1. The zero-order valence-corrected chi connectivity index (χ0v) is 22.4. The molecule has 2 amide bonds. The van der Waals surface area contributed by atoms with Gasteiger partial charge in [-0.25, -0.2) is 12.8 Å². The predicted molar refractivity (Wildman–Crippen MR) is 147 cm³/mol. The Morgan fingerprint density at radius 2 is 1.64 bits per heavy atom. The molecule has 1 aliphatic heterocycles. The van der Waals surface area contributed by atoms with Gasteiger partial charge in [-0.2, -0.15) is 0 Å². The van der Waals surface area contributed by atoms with Gasteiger partial charge in [0.2, 0.25) is 5.91 Å². The van der Waals surface area contributed by atoms with Crippen molar-refractivity contribution in [2.45, 2.75) is 37.3 Å². The van der Waals surface area contributed by atoms with Crippen molar-refractivity contribution in [3.63, 3.8) is 0 Å². The fraction of sp³-hybridized carbons (Fsp3) is 0.379. The van der Waals surface area contributed by atoms with Gasteiger partial charge in [0.15, 0.2) is 9.84 Å². The van der Waals surface area contributed by atoms with Crippen LogP contribution in [0.2, 0.25) is 0 Å². The van der Waals surface area contributed by atoms with Crippen LogP contribution in [0.15, 0.2) is 73.1 Å². The standard InChI is InChI=1S/C29H33FN4O4S/c30-23-9-5-21(6-10-23)25-20-27(25)31-13-3-4-26(29(36)34-16-18-39(37,38)19-17-34)32-28(35)22-7-11-24(12-8-22)33-14-1-2-15-33/h1-2,5-12,14-15,25-27,31H,3-4,13,16-20H2,(H,32,35)/t25-,26-,27+/m0/s1. The zero-order valence-electron chi connectivity index (χ0n) is 21.6. The molecule has 3 aromatic rings. The number of sulfone groups is 1. The molecule has 10 heteroatoms. The average molecular weight is 553 g/mol. The van der Waals surface area contributed by atoms with E-state index in [9.17, 15) is 22.4 Å². The normalized spacial score (nSPS) is 20.8. The van der Waals surface area contributed by atoms with E-state index in [0.717, 1.165) is 17.7 Å². The molecule has 1 saturated carbocycles. The molecular weight excluding hydrogens is 519 g/mol. The van der Waals surface area contributed by atoms with Crippen molar-refractivity contribution >= 4 is 21.7 Å². The second-order valence-electron chi connectivity index (χ2n) is 10.2. The summed E-state index contributed by atoms with van der Waals surface area (Å²) in [6.07, 6.45) is 5.89. The highest BCUT2D eigenvalue weighted by atomic mass is 32.2. The quantitative estimate of drug-likeness (QED) is 0.377. The van der Waals surface area contributed by atoms with Gasteiger partial charge in [0.1, 0.15) is 11.9 Å². The van der Waals surface area contributed by atoms with Crippen LogP contribution >= 0.6 is 0 Å². The largest absolute Gasteiger partial charge is 0.340 e. The van der Waals surface area contributed by atoms with E-state index in [0.29, 0.717) is 36.9 Å². The topological polar surface area (TPSA) is 101 Å². The monoisotopic (exact) mass is 552 g/mol. The number of rotatable bonds is 10. The lowest BCUT2D eigenvalue weighted by Crippen LogP contribution is -2.53. The first-order valence-electron chi connectivity index (χ1n) is 13.3. The molecule has 2 heterocycles. The number of carbonyl (C=O) groups excluding carboxylic acids is 2. The van der Waals surface area contributed by atoms with Gasteiger partial charge in [0.05, 0.1) is 11.5 Å². The number of nitrogens with one attached hydrogen (secondary N) is 2. The van der Waals surface area contributed by atoms with Crippen LogP contribution < -0.4 is 10.6 Å². The van der Waals surface area contributed by atoms with Gasteiger partial charge >= 0.3 is 0 Å². The Labute approximate surface area is 228 Å². The molecule has 2 N–H and O–H groups in total. The van der Waals surface area contributed by atoms with Crippen molar-refractivity contribution in [3.05, 3.63) is 90.0 Å². The van der Waals surface area contributed by atoms with Gasteiger partial charge in [-0.05, 0) is 79.9 Å². The van der Waals surface area contributed by atoms with Crippen LogP contribution in [0, 0.1) is 5.82 Å². The van der Waals surface area contributed by atoms with Crippen LogP contribution in [0.4, 0.5) is 4.39 Å². The van der Waals surface area contributed by atoms with Crippen molar-refractivity contribution in [1.29, 1.82) is 0 Å². The Morgan fingerprint density at radius 3 is 2.31 bits per heavy atom. The molecule has 3 atom stereocenters. The Morgan fingerprint density at radius 1 is 0.974 bits per heavy atom. The highest BCUT2D eigenvalue weighted by Gasteiger charge is 2.38. The van der Waals surface area contributed by atoms with Crippen LogP contribution in [0.25, 0.3) is 5.69 Å². The molecule has 0 spiro atoms. The van der Waals surface area contributed by atoms with Gasteiger partial charge in [-0.3, -0.25) is 9.59 Å². The van der Waals surface area contributed by atoms with E-state index in [1.165, 1.54) is 12.1 Å². The van der Waals surface area contributed by atoms with Crippen molar-refractivity contribution in [2.75, 3.05) is 31.1 Å². The zero-order chi connectivity index (χ0) is 27.4. The Hall–Kier alpha value is -3.50. The minimum Gasteiger partial charge on any atom is -0.340 e. The third kappa shape index (κ3) is 6.93. The van der Waals surface area contributed by atoms with Crippen molar-refractivity contribution in [2.24, 2.45) is 0 Å². The molecular formula is C29H33FN4O4S. The van der Waals surface area contributed by atoms with Crippen LogP contribution in [-0.2, 0) is 14.6 Å². The number of aromatic nitrogens is 1. The minimum atomic E-state index is -3.13. The summed E-state index contributed by atoms with van der Waals surface area (Å²) >= 11 is 0. The molecule has 39 heavy (non-hydrogen) atoms. The van der Waals surface area contributed by atoms with Crippen LogP contribution in [0.3, 0.4) is 0 Å². The molecule has 1 aliphatic carbocycles. The van der Waals surface area contributed by atoms with Crippen molar-refractivity contribution in [3.8, 4) is 5.69 Å². The summed E-state index contributed by atoms with van der Waals surface area (Å²) in [5.74, 6) is -0.610. The van der Waals surface area contributed by atoms with Gasteiger partial charge < -0.3 is 20.1 Å². The summed E-state index contributed by atoms with van der Waals surface area (Å²) in [4.78, 5) is 28.0. The molecule has 2 aromatic carbocycles. The van der Waals surface area contributed by atoms with Crippen LogP contribution in [-0.4, -0.2) is 72.9 Å². The molecule has 1 aromatic heterocycles. The number of carbonyl (C=O) groups is 2. The lowest BCUT2D eigenvalue weighted by molar-refractivity contribution is -0.133. The van der Waals surface area contributed by atoms with Gasteiger partial charge in [-0.1, -0.05) is 12.1 Å². The molecule has 0 unspecified atom stereocenters. The summed E-state index contributed by atoms with van der Waals surface area (Å²) in [6, 6.07) is 17.1. The summed E-state index contributed by atoms with van der Waals surface area (Å²) in [5.41, 5.74) is 2.48. The second kappa shape index (κ2) is 11.7. The number of hydrogen-bond acceptors (Lipinski definition) is 5. The lowest BCUT2D eigenvalue weighted by atomic mass is 10.1. The summed E-state index contributed by atoms with van der Waals surface area (Å²) in [6.45, 7) is 0.944. The van der Waals surface area contributed by atoms with E-state index in [-0.39, 0.29) is 42.2 Å². The third-order valence-corrected chi connectivity index (χ3v) is 9.07. The van der Waals surface area contributed by atoms with E-state index in [1.807, 2.05) is 53.4 Å². The number of benzene rings is 2. The summed E-state index contributed by atoms with van der Waals surface area (Å²) in [5, 5.41) is 6.40. The molecule has 5 rings (SSSR count). The highest BCUT2D eigenvalue weighted by Crippen LogP contribution is 2.40. The maximum atomic E-state index is 13.4. The number of halogens is 1. The van der Waals surface area contributed by atoms with E-state index >= 15 is 0 Å². The molecule has 0 bridgehead atoms. The molecule has 2 fully saturated rings. The highest BCUT2D eigenvalue weighted by molar-refractivity contribution is 7.91. The minimum absolute atomic E-state index is 0.0612. The molecule has 2 aliphatic rings. The average Bonchev–Trinajstić information content (AvgIpc) is 3.49. The molecule has 8 nitrogen and oxygen atoms in total. The van der Waals surface area contributed by atoms with Crippen LogP contribution in [0.1, 0.15) is 41.1 Å². The summed E-state index contributed by atoms with van der Waals surface area (Å²) < 4.78 is 38.8. The second-order valence-corrected chi connectivity index (χ2v) is 12.5. The number of amides is 2. The molecule has 1 saturated heterocycles. The predicted octanol–water partition coefficient (Wildman–Crippen LogP) is 2.90. The number of hydrogen-bond donors (Lipinski definition) is 2. The van der Waals surface area contributed by atoms with Gasteiger partial charge in [0, 0.05) is 48.7 Å². The van der Waals surface area contributed by atoms with Crippen molar-refractivity contribution < 1.29 is 22.4 Å². The lowest BCUT2D eigenvalue weighted by Gasteiger charge is -2.30. The first-order valence-corrected chi connectivity index (χ1v) is 15.1.